The molecule has 0 aromatic rings. The molecule has 120 valence electrons. The maximum Gasteiger partial charge on any atom is 0.409 e. The molecule has 21 heavy (non-hydrogen) atoms. The van der Waals surface area contributed by atoms with E-state index in [-0.39, 0.29) is 24.2 Å². The average molecular weight is 298 g/mol. The summed E-state index contributed by atoms with van der Waals surface area (Å²) in [6.45, 7) is 9.22. The van der Waals surface area contributed by atoms with E-state index in [0.29, 0.717) is 32.2 Å². The second-order valence-corrected chi connectivity index (χ2v) is 6.35. The van der Waals surface area contributed by atoms with E-state index >= 15 is 0 Å². The summed E-state index contributed by atoms with van der Waals surface area (Å²) >= 11 is 0. The Labute approximate surface area is 126 Å². The first kappa shape index (κ1) is 16.1. The molecule has 2 aliphatic heterocycles. The van der Waals surface area contributed by atoms with E-state index in [0.717, 1.165) is 19.4 Å². The summed E-state index contributed by atoms with van der Waals surface area (Å²) < 4.78 is 10.5. The van der Waals surface area contributed by atoms with Gasteiger partial charge in [0.15, 0.2) is 0 Å². The van der Waals surface area contributed by atoms with Crippen molar-refractivity contribution in [3.05, 3.63) is 0 Å². The first-order valence-corrected chi connectivity index (χ1v) is 7.83. The van der Waals surface area contributed by atoms with Crippen molar-refractivity contribution in [2.75, 3.05) is 32.8 Å². The number of carbonyl (C=O) groups excluding carboxylic acids is 2. The van der Waals surface area contributed by atoms with Crippen LogP contribution in [0.15, 0.2) is 0 Å². The predicted octanol–water partition coefficient (Wildman–Crippen LogP) is 1.49. The lowest BCUT2D eigenvalue weighted by molar-refractivity contribution is -0.144. The van der Waals surface area contributed by atoms with E-state index < -0.39 is 0 Å². The summed E-state index contributed by atoms with van der Waals surface area (Å²) in [5.74, 6) is 0.213. The predicted molar refractivity (Wildman–Crippen MR) is 77.9 cm³/mol. The van der Waals surface area contributed by atoms with Gasteiger partial charge in [0.25, 0.3) is 0 Å². The van der Waals surface area contributed by atoms with Gasteiger partial charge < -0.3 is 14.4 Å². The van der Waals surface area contributed by atoms with Gasteiger partial charge in [0.05, 0.1) is 6.61 Å². The standard InChI is InChI=1S/C15H26N2O4/c1-11(2)10-20-15(19)17-6-4-5-16(7-8-17)13-9-12(3)21-14(13)18/h11-13H,4-10H2,1-3H3. The normalized spacial score (nSPS) is 27.6. The molecule has 0 N–H and O–H groups in total. The first-order valence-electron chi connectivity index (χ1n) is 7.83. The molecule has 2 fully saturated rings. The highest BCUT2D eigenvalue weighted by atomic mass is 16.6. The van der Waals surface area contributed by atoms with E-state index in [1.807, 2.05) is 20.8 Å². The summed E-state index contributed by atoms with van der Waals surface area (Å²) in [7, 11) is 0. The van der Waals surface area contributed by atoms with E-state index in [9.17, 15) is 9.59 Å². The van der Waals surface area contributed by atoms with Gasteiger partial charge in [-0.3, -0.25) is 9.69 Å². The molecule has 2 saturated heterocycles. The number of ether oxygens (including phenoxy) is 2. The van der Waals surface area contributed by atoms with Crippen LogP contribution in [0.25, 0.3) is 0 Å². The Morgan fingerprint density at radius 3 is 2.71 bits per heavy atom. The third kappa shape index (κ3) is 4.33. The average Bonchev–Trinajstić information content (AvgIpc) is 2.65. The molecule has 0 spiro atoms. The molecule has 2 atom stereocenters. The molecule has 0 saturated carbocycles. The maximum atomic E-state index is 12.0. The molecule has 2 aliphatic rings. The van der Waals surface area contributed by atoms with Gasteiger partial charge in [0.2, 0.25) is 0 Å². The molecular formula is C15H26N2O4. The highest BCUT2D eigenvalue weighted by molar-refractivity contribution is 5.78. The molecule has 6 nitrogen and oxygen atoms in total. The van der Waals surface area contributed by atoms with Gasteiger partial charge in [0.1, 0.15) is 12.1 Å². The molecule has 0 aromatic carbocycles. The van der Waals surface area contributed by atoms with Crippen LogP contribution >= 0.6 is 0 Å². The van der Waals surface area contributed by atoms with Crippen LogP contribution in [0.5, 0.6) is 0 Å². The number of cyclic esters (lactones) is 1. The number of nitrogens with zero attached hydrogens (tertiary/aromatic N) is 2. The lowest BCUT2D eigenvalue weighted by atomic mass is 10.1. The third-order valence-corrected chi connectivity index (χ3v) is 3.91. The summed E-state index contributed by atoms with van der Waals surface area (Å²) in [4.78, 5) is 27.7. The van der Waals surface area contributed by atoms with Gasteiger partial charge in [-0.2, -0.15) is 0 Å². The van der Waals surface area contributed by atoms with Crippen molar-refractivity contribution in [2.24, 2.45) is 5.92 Å². The molecule has 0 aromatic heterocycles. The van der Waals surface area contributed by atoms with Crippen LogP contribution in [0.3, 0.4) is 0 Å². The lowest BCUT2D eigenvalue weighted by Crippen LogP contribution is -2.42. The SMILES string of the molecule is CC(C)COC(=O)N1CCCN(C2CC(C)OC2=O)CC1. The van der Waals surface area contributed by atoms with Gasteiger partial charge in [-0.05, 0) is 19.3 Å². The first-order chi connectivity index (χ1) is 9.97. The number of amides is 1. The Balaban J connectivity index is 1.84. The van der Waals surface area contributed by atoms with Crippen molar-refractivity contribution in [1.82, 2.24) is 9.80 Å². The number of rotatable bonds is 3. The molecule has 0 radical (unpaired) electrons. The van der Waals surface area contributed by atoms with E-state index in [1.54, 1.807) is 4.90 Å². The third-order valence-electron chi connectivity index (χ3n) is 3.91. The number of hydrogen-bond donors (Lipinski definition) is 0. The molecule has 1 amide bonds. The monoisotopic (exact) mass is 298 g/mol. The van der Waals surface area contributed by atoms with E-state index in [2.05, 4.69) is 4.90 Å². The van der Waals surface area contributed by atoms with Crippen LogP contribution in [0, 0.1) is 5.92 Å². The van der Waals surface area contributed by atoms with E-state index in [4.69, 9.17) is 9.47 Å². The summed E-state index contributed by atoms with van der Waals surface area (Å²) in [6, 6.07) is -0.147. The molecule has 6 heteroatoms. The molecule has 2 heterocycles. The van der Waals surface area contributed by atoms with Crippen LogP contribution in [0.1, 0.15) is 33.6 Å². The quantitative estimate of drug-likeness (QED) is 0.739. The summed E-state index contributed by atoms with van der Waals surface area (Å²) in [5, 5.41) is 0. The van der Waals surface area contributed by atoms with Crippen LogP contribution in [0.2, 0.25) is 0 Å². The second-order valence-electron chi connectivity index (χ2n) is 6.35. The smallest absolute Gasteiger partial charge is 0.409 e. The number of carbonyl (C=O) groups is 2. The largest absolute Gasteiger partial charge is 0.461 e. The highest BCUT2D eigenvalue weighted by Crippen LogP contribution is 2.21. The Morgan fingerprint density at radius 1 is 1.33 bits per heavy atom. The Hall–Kier alpha value is -1.30. The van der Waals surface area contributed by atoms with Crippen molar-refractivity contribution in [1.29, 1.82) is 0 Å². The second kappa shape index (κ2) is 7.11. The maximum absolute atomic E-state index is 12.0. The van der Waals surface area contributed by atoms with Gasteiger partial charge in [-0.25, -0.2) is 4.79 Å². The van der Waals surface area contributed by atoms with Gasteiger partial charge in [-0.15, -0.1) is 0 Å². The topological polar surface area (TPSA) is 59.1 Å². The van der Waals surface area contributed by atoms with Crippen molar-refractivity contribution in [2.45, 2.75) is 45.8 Å². The van der Waals surface area contributed by atoms with Crippen molar-refractivity contribution in [3.8, 4) is 0 Å². The van der Waals surface area contributed by atoms with Crippen LogP contribution in [-0.2, 0) is 14.3 Å². The minimum Gasteiger partial charge on any atom is -0.461 e. The van der Waals surface area contributed by atoms with Gasteiger partial charge in [-0.1, -0.05) is 13.8 Å². The zero-order valence-electron chi connectivity index (χ0n) is 13.2. The van der Waals surface area contributed by atoms with E-state index in [1.165, 1.54) is 0 Å². The Morgan fingerprint density at radius 2 is 2.10 bits per heavy atom. The molecule has 2 unspecified atom stereocenters. The van der Waals surface area contributed by atoms with Crippen molar-refractivity contribution in [3.63, 3.8) is 0 Å². The zero-order valence-corrected chi connectivity index (χ0v) is 13.2. The fourth-order valence-corrected chi connectivity index (χ4v) is 2.79. The minimum atomic E-state index is -0.243. The van der Waals surface area contributed by atoms with Crippen molar-refractivity contribution < 1.29 is 19.1 Å². The molecule has 0 bridgehead atoms. The zero-order chi connectivity index (χ0) is 15.4. The molecule has 0 aliphatic carbocycles. The summed E-state index contributed by atoms with van der Waals surface area (Å²) in [5.41, 5.74) is 0. The number of hydrogen-bond acceptors (Lipinski definition) is 5. The Bertz CT molecular complexity index is 386. The fourth-order valence-electron chi connectivity index (χ4n) is 2.79. The van der Waals surface area contributed by atoms with Crippen LogP contribution in [0.4, 0.5) is 4.79 Å². The van der Waals surface area contributed by atoms with Gasteiger partial charge >= 0.3 is 12.1 Å². The summed E-state index contributed by atoms with van der Waals surface area (Å²) in [6.07, 6.45) is 1.36. The molecular weight excluding hydrogens is 272 g/mol. The minimum absolute atomic E-state index is 0.00198. The Kier molecular flexibility index (Phi) is 5.45. The highest BCUT2D eigenvalue weighted by Gasteiger charge is 2.37. The van der Waals surface area contributed by atoms with Crippen molar-refractivity contribution >= 4 is 12.1 Å². The lowest BCUT2D eigenvalue weighted by Gasteiger charge is -2.24. The number of esters is 1. The van der Waals surface area contributed by atoms with Gasteiger partial charge in [0, 0.05) is 32.6 Å². The van der Waals surface area contributed by atoms with Crippen LogP contribution in [-0.4, -0.2) is 66.8 Å². The van der Waals surface area contributed by atoms with Crippen LogP contribution < -0.4 is 0 Å². The molecule has 2 rings (SSSR count). The fraction of sp³-hybridized carbons (Fsp3) is 0.867.